The molecule has 0 aliphatic heterocycles. The molecule has 0 aliphatic carbocycles. The minimum absolute atomic E-state index is 0. The largest absolute Gasteiger partial charge is 0.357 e. The number of hydrogen-bond donors (Lipinski definition) is 2. The molecule has 6 heteroatoms. The van der Waals surface area contributed by atoms with Crippen LogP contribution >= 0.6 is 35.3 Å². The van der Waals surface area contributed by atoms with Crippen LogP contribution in [0.4, 0.5) is 0 Å². The summed E-state index contributed by atoms with van der Waals surface area (Å²) in [6.45, 7) is 6.32. The van der Waals surface area contributed by atoms with Crippen LogP contribution in [0, 0.1) is 6.92 Å². The minimum atomic E-state index is 0. The molecule has 0 amide bonds. The number of aryl methyl sites for hydroxylation is 1. The van der Waals surface area contributed by atoms with Gasteiger partial charge >= 0.3 is 0 Å². The molecular formula is C19H23IN4S. The van der Waals surface area contributed by atoms with Crippen molar-refractivity contribution in [3.05, 3.63) is 64.1 Å². The third-order valence-electron chi connectivity index (χ3n) is 3.65. The van der Waals surface area contributed by atoms with Crippen LogP contribution in [0.25, 0.3) is 10.8 Å². The van der Waals surface area contributed by atoms with Gasteiger partial charge in [-0.25, -0.2) is 9.98 Å². The van der Waals surface area contributed by atoms with Gasteiger partial charge in [0.2, 0.25) is 0 Å². The zero-order chi connectivity index (χ0) is 16.8. The molecule has 25 heavy (non-hydrogen) atoms. The molecule has 132 valence electrons. The molecule has 0 unspecified atom stereocenters. The number of nitrogens with one attached hydrogen (secondary N) is 2. The van der Waals surface area contributed by atoms with Gasteiger partial charge in [0.1, 0.15) is 5.01 Å². The predicted molar refractivity (Wildman–Crippen MR) is 118 cm³/mol. The van der Waals surface area contributed by atoms with Gasteiger partial charge in [0.25, 0.3) is 0 Å². The fourth-order valence-electron chi connectivity index (χ4n) is 2.49. The molecule has 0 bridgehead atoms. The summed E-state index contributed by atoms with van der Waals surface area (Å²) in [5.41, 5.74) is 1.20. The molecular weight excluding hydrogens is 443 g/mol. The van der Waals surface area contributed by atoms with E-state index in [1.807, 2.05) is 6.20 Å². The standard InChI is InChI=1S/C19H22N4S.HI/c1-3-20-19(23-13-18-21-11-14(2)24-18)22-12-15-8-9-16-6-4-5-7-17(16)10-15;/h4-11H,3,12-13H2,1-2H3,(H2,20,22,23);1H. The molecule has 2 N–H and O–H groups in total. The van der Waals surface area contributed by atoms with Gasteiger partial charge in [-0.1, -0.05) is 36.4 Å². The number of halogens is 1. The van der Waals surface area contributed by atoms with Crippen molar-refractivity contribution in [3.8, 4) is 0 Å². The lowest BCUT2D eigenvalue weighted by molar-refractivity contribution is 0.811. The quantitative estimate of drug-likeness (QED) is 0.331. The second-order valence-electron chi connectivity index (χ2n) is 5.59. The van der Waals surface area contributed by atoms with Gasteiger partial charge in [0.15, 0.2) is 5.96 Å². The summed E-state index contributed by atoms with van der Waals surface area (Å²) in [6.07, 6.45) is 1.90. The van der Waals surface area contributed by atoms with Crippen LogP contribution in [-0.4, -0.2) is 17.5 Å². The zero-order valence-electron chi connectivity index (χ0n) is 14.5. The van der Waals surface area contributed by atoms with Crippen LogP contribution in [0.3, 0.4) is 0 Å². The van der Waals surface area contributed by atoms with Crippen molar-refractivity contribution >= 4 is 52.0 Å². The van der Waals surface area contributed by atoms with Crippen LogP contribution in [0.5, 0.6) is 0 Å². The lowest BCUT2D eigenvalue weighted by Crippen LogP contribution is -2.36. The fourth-order valence-corrected chi connectivity index (χ4v) is 3.22. The summed E-state index contributed by atoms with van der Waals surface area (Å²) in [4.78, 5) is 10.3. The summed E-state index contributed by atoms with van der Waals surface area (Å²) in [6, 6.07) is 14.9. The first kappa shape index (κ1) is 19.7. The molecule has 0 aliphatic rings. The Balaban J connectivity index is 0.00000225. The van der Waals surface area contributed by atoms with Gasteiger partial charge in [-0.15, -0.1) is 35.3 Å². The van der Waals surface area contributed by atoms with Crippen molar-refractivity contribution < 1.29 is 0 Å². The number of thiazole rings is 1. The Morgan fingerprint density at radius 1 is 1.12 bits per heavy atom. The van der Waals surface area contributed by atoms with E-state index in [4.69, 9.17) is 0 Å². The van der Waals surface area contributed by atoms with Crippen LogP contribution < -0.4 is 10.6 Å². The molecule has 0 fully saturated rings. The lowest BCUT2D eigenvalue weighted by Gasteiger charge is -2.10. The van der Waals surface area contributed by atoms with E-state index >= 15 is 0 Å². The average molecular weight is 466 g/mol. The molecule has 2 aromatic carbocycles. The predicted octanol–water partition coefficient (Wildman–Crippen LogP) is 4.48. The Morgan fingerprint density at radius 2 is 1.92 bits per heavy atom. The molecule has 1 aromatic heterocycles. The summed E-state index contributed by atoms with van der Waals surface area (Å²) in [5.74, 6) is 0.818. The molecule has 3 rings (SSSR count). The number of nitrogens with zero attached hydrogens (tertiary/aromatic N) is 2. The van der Waals surface area contributed by atoms with E-state index in [-0.39, 0.29) is 24.0 Å². The molecule has 3 aromatic rings. The molecule has 4 nitrogen and oxygen atoms in total. The van der Waals surface area contributed by atoms with Crippen molar-refractivity contribution in [2.24, 2.45) is 4.99 Å². The lowest BCUT2D eigenvalue weighted by atomic mass is 10.1. The number of aromatic nitrogens is 1. The first-order valence-corrected chi connectivity index (χ1v) is 8.97. The summed E-state index contributed by atoms with van der Waals surface area (Å²) < 4.78 is 0. The van der Waals surface area contributed by atoms with E-state index in [9.17, 15) is 0 Å². The smallest absolute Gasteiger partial charge is 0.191 e. The summed E-state index contributed by atoms with van der Waals surface area (Å²) in [5, 5.41) is 10.2. The number of rotatable bonds is 5. The SMILES string of the molecule is CCNC(=NCc1ccc2ccccc2c1)NCc1ncc(C)s1.I. The topological polar surface area (TPSA) is 49.3 Å². The average Bonchev–Trinajstić information content (AvgIpc) is 3.02. The van der Waals surface area contributed by atoms with Crippen molar-refractivity contribution in [2.75, 3.05) is 6.54 Å². The molecule has 0 atom stereocenters. The Kier molecular flexibility index (Phi) is 7.64. The molecule has 0 saturated heterocycles. The maximum absolute atomic E-state index is 4.68. The fraction of sp³-hybridized carbons (Fsp3) is 0.263. The van der Waals surface area contributed by atoms with E-state index in [2.05, 4.69) is 76.9 Å². The highest BCUT2D eigenvalue weighted by atomic mass is 127. The zero-order valence-corrected chi connectivity index (χ0v) is 17.6. The van der Waals surface area contributed by atoms with Gasteiger partial charge in [-0.2, -0.15) is 0 Å². The van der Waals surface area contributed by atoms with Crippen LogP contribution in [0.2, 0.25) is 0 Å². The van der Waals surface area contributed by atoms with E-state index in [1.54, 1.807) is 11.3 Å². The van der Waals surface area contributed by atoms with Gasteiger partial charge in [-0.3, -0.25) is 0 Å². The van der Waals surface area contributed by atoms with E-state index in [1.165, 1.54) is 21.2 Å². The van der Waals surface area contributed by atoms with Crippen LogP contribution in [0.15, 0.2) is 53.7 Å². The summed E-state index contributed by atoms with van der Waals surface area (Å²) >= 11 is 1.71. The van der Waals surface area contributed by atoms with Crippen molar-refractivity contribution in [1.82, 2.24) is 15.6 Å². The van der Waals surface area contributed by atoms with Gasteiger partial charge in [-0.05, 0) is 36.2 Å². The second-order valence-corrected chi connectivity index (χ2v) is 6.91. The molecule has 0 spiro atoms. The van der Waals surface area contributed by atoms with E-state index in [0.29, 0.717) is 13.1 Å². The third-order valence-corrected chi connectivity index (χ3v) is 4.57. The van der Waals surface area contributed by atoms with Crippen molar-refractivity contribution in [1.29, 1.82) is 0 Å². The number of benzene rings is 2. The minimum Gasteiger partial charge on any atom is -0.357 e. The third kappa shape index (κ3) is 5.67. The van der Waals surface area contributed by atoms with Gasteiger partial charge in [0.05, 0.1) is 13.1 Å². The first-order chi connectivity index (χ1) is 11.7. The monoisotopic (exact) mass is 466 g/mol. The number of hydrogen-bond acceptors (Lipinski definition) is 3. The highest BCUT2D eigenvalue weighted by Crippen LogP contribution is 2.16. The Bertz CT molecular complexity index is 844. The van der Waals surface area contributed by atoms with Crippen LogP contribution in [-0.2, 0) is 13.1 Å². The van der Waals surface area contributed by atoms with Gasteiger partial charge < -0.3 is 10.6 Å². The van der Waals surface area contributed by atoms with Crippen molar-refractivity contribution in [3.63, 3.8) is 0 Å². The number of aliphatic imine (C=N–C) groups is 1. The van der Waals surface area contributed by atoms with Crippen molar-refractivity contribution in [2.45, 2.75) is 26.9 Å². The highest BCUT2D eigenvalue weighted by molar-refractivity contribution is 14.0. The Labute approximate surface area is 169 Å². The highest BCUT2D eigenvalue weighted by Gasteiger charge is 2.02. The Morgan fingerprint density at radius 3 is 2.64 bits per heavy atom. The maximum Gasteiger partial charge on any atom is 0.191 e. The number of guanidine groups is 1. The molecule has 0 saturated carbocycles. The Hall–Kier alpha value is -1.67. The number of fused-ring (bicyclic) bond motifs is 1. The van der Waals surface area contributed by atoms with E-state index < -0.39 is 0 Å². The van der Waals surface area contributed by atoms with Crippen LogP contribution in [0.1, 0.15) is 22.4 Å². The second kappa shape index (κ2) is 9.72. The maximum atomic E-state index is 4.68. The van der Waals surface area contributed by atoms with E-state index in [0.717, 1.165) is 17.5 Å². The molecule has 0 radical (unpaired) electrons. The van der Waals surface area contributed by atoms with Gasteiger partial charge in [0, 0.05) is 17.6 Å². The normalized spacial score (nSPS) is 11.2. The summed E-state index contributed by atoms with van der Waals surface area (Å²) in [7, 11) is 0. The molecule has 1 heterocycles. The first-order valence-electron chi connectivity index (χ1n) is 8.16.